The summed E-state index contributed by atoms with van der Waals surface area (Å²) in [7, 11) is 0. The number of nitrogens with zero attached hydrogens (tertiary/aromatic N) is 2. The Kier molecular flexibility index (Phi) is 5.35. The third kappa shape index (κ3) is 3.96. The van der Waals surface area contributed by atoms with Crippen LogP contribution in [0, 0.1) is 19.8 Å². The van der Waals surface area contributed by atoms with Crippen molar-refractivity contribution in [2.45, 2.75) is 40.2 Å². The minimum absolute atomic E-state index is 0.589. The second-order valence-corrected chi connectivity index (χ2v) is 9.16. The van der Waals surface area contributed by atoms with Crippen molar-refractivity contribution < 1.29 is 9.64 Å². The van der Waals surface area contributed by atoms with Crippen molar-refractivity contribution >= 4 is 33.2 Å². The molecule has 27 heavy (non-hydrogen) atoms. The van der Waals surface area contributed by atoms with Gasteiger partial charge in [-0.15, -0.1) is 11.3 Å². The fourth-order valence-corrected chi connectivity index (χ4v) is 4.82. The molecule has 1 fully saturated rings. The van der Waals surface area contributed by atoms with Crippen LogP contribution in [0.4, 0.5) is 0 Å². The van der Waals surface area contributed by atoms with E-state index in [1.807, 2.05) is 24.3 Å². The molecule has 0 radical (unpaired) electrons. The van der Waals surface area contributed by atoms with Gasteiger partial charge in [-0.05, 0) is 50.3 Å². The summed E-state index contributed by atoms with van der Waals surface area (Å²) in [5, 5.41) is 1.59. The fourth-order valence-electron chi connectivity index (χ4n) is 3.61. The van der Waals surface area contributed by atoms with Crippen molar-refractivity contribution in [1.82, 2.24) is 9.97 Å². The Labute approximate surface area is 169 Å². The van der Waals surface area contributed by atoms with Crippen LogP contribution < -0.4 is 9.64 Å². The summed E-state index contributed by atoms with van der Waals surface area (Å²) in [5.41, 5.74) is 1.18. The van der Waals surface area contributed by atoms with Crippen molar-refractivity contribution in [2.24, 2.45) is 5.92 Å². The van der Waals surface area contributed by atoms with Gasteiger partial charge in [-0.2, -0.15) is 4.98 Å². The Bertz CT molecular complexity index is 963. The monoisotopic (exact) mass is 402 g/mol. The van der Waals surface area contributed by atoms with Crippen molar-refractivity contribution in [1.29, 1.82) is 0 Å². The molecule has 6 heteroatoms. The smallest absolute Gasteiger partial charge is 0.231 e. The van der Waals surface area contributed by atoms with Gasteiger partial charge in [0.05, 0.1) is 23.5 Å². The lowest BCUT2D eigenvalue weighted by Gasteiger charge is -2.26. The second-order valence-electron chi connectivity index (χ2n) is 7.55. The Balaban J connectivity index is 1.70. The zero-order chi connectivity index (χ0) is 19.0. The van der Waals surface area contributed by atoms with Gasteiger partial charge in [0.25, 0.3) is 0 Å². The molecule has 1 aromatic carbocycles. The van der Waals surface area contributed by atoms with Gasteiger partial charge in [-0.25, -0.2) is 4.98 Å². The first-order valence-electron chi connectivity index (χ1n) is 9.54. The first kappa shape index (κ1) is 18.7. The lowest BCUT2D eigenvalue weighted by molar-refractivity contribution is -0.920. The van der Waals surface area contributed by atoms with Crippen LogP contribution in [-0.2, 0) is 6.54 Å². The van der Waals surface area contributed by atoms with E-state index in [2.05, 4.69) is 20.8 Å². The Hall–Kier alpha value is -1.69. The molecule has 0 bridgehead atoms. The minimum Gasteiger partial charge on any atom is -0.437 e. The van der Waals surface area contributed by atoms with E-state index in [9.17, 15) is 0 Å². The van der Waals surface area contributed by atoms with Crippen LogP contribution in [0.5, 0.6) is 11.6 Å². The highest BCUT2D eigenvalue weighted by Gasteiger charge is 2.23. The maximum Gasteiger partial charge on any atom is 0.231 e. The van der Waals surface area contributed by atoms with Gasteiger partial charge in [-0.3, -0.25) is 0 Å². The van der Waals surface area contributed by atoms with E-state index in [0.717, 1.165) is 28.5 Å². The average molecular weight is 403 g/mol. The molecule has 1 saturated heterocycles. The molecule has 1 aliphatic heterocycles. The van der Waals surface area contributed by atoms with E-state index in [-0.39, 0.29) is 0 Å². The van der Waals surface area contributed by atoms with Gasteiger partial charge < -0.3 is 9.64 Å². The van der Waals surface area contributed by atoms with Gasteiger partial charge in [0.1, 0.15) is 17.1 Å². The Morgan fingerprint density at radius 3 is 2.67 bits per heavy atom. The number of fused-ring (bicyclic) bond motifs is 1. The maximum atomic E-state index is 6.31. The molecular formula is C21H25ClN3OS+. The predicted molar refractivity (Wildman–Crippen MR) is 111 cm³/mol. The molecule has 3 aromatic rings. The van der Waals surface area contributed by atoms with E-state index in [0.29, 0.717) is 16.7 Å². The van der Waals surface area contributed by atoms with Crippen LogP contribution in [0.2, 0.25) is 5.02 Å². The van der Waals surface area contributed by atoms with E-state index in [1.165, 1.54) is 36.4 Å². The lowest BCUT2D eigenvalue weighted by atomic mass is 9.99. The number of aryl methyl sites for hydroxylation is 2. The van der Waals surface area contributed by atoms with Crippen LogP contribution in [-0.4, -0.2) is 23.1 Å². The zero-order valence-electron chi connectivity index (χ0n) is 16.0. The van der Waals surface area contributed by atoms with Crippen LogP contribution in [0.25, 0.3) is 10.2 Å². The Morgan fingerprint density at radius 2 is 1.93 bits per heavy atom. The highest BCUT2D eigenvalue weighted by atomic mass is 35.5. The molecule has 4 nitrogen and oxygen atoms in total. The van der Waals surface area contributed by atoms with E-state index in [1.54, 1.807) is 16.2 Å². The molecule has 0 atom stereocenters. The molecule has 0 spiro atoms. The highest BCUT2D eigenvalue weighted by Crippen LogP contribution is 2.37. The maximum absolute atomic E-state index is 6.31. The number of quaternary nitrogens is 1. The Morgan fingerprint density at radius 1 is 1.19 bits per heavy atom. The highest BCUT2D eigenvalue weighted by molar-refractivity contribution is 7.18. The molecule has 0 saturated carbocycles. The number of para-hydroxylation sites is 1. The van der Waals surface area contributed by atoms with E-state index in [4.69, 9.17) is 26.3 Å². The molecule has 142 valence electrons. The predicted octanol–water partition coefficient (Wildman–Crippen LogP) is 4.57. The molecule has 1 aliphatic rings. The third-order valence-electron chi connectivity index (χ3n) is 5.47. The molecule has 2 aromatic heterocycles. The van der Waals surface area contributed by atoms with Gasteiger partial charge in [0, 0.05) is 4.88 Å². The fraction of sp³-hybridized carbons (Fsp3) is 0.429. The van der Waals surface area contributed by atoms with Crippen molar-refractivity contribution in [3.8, 4) is 11.6 Å². The van der Waals surface area contributed by atoms with Gasteiger partial charge in [-0.1, -0.05) is 30.7 Å². The summed E-state index contributed by atoms with van der Waals surface area (Å²) in [4.78, 5) is 13.5. The minimum atomic E-state index is 0.589. The quantitative estimate of drug-likeness (QED) is 0.694. The number of hydrogen-bond acceptors (Lipinski definition) is 4. The standard InChI is InChI=1S/C21H24ClN3OS/c1-13-8-10-25(11-9-13)12-18-23-20(26-17-7-5-4-6-16(17)22)19-14(2)15(3)27-21(19)24-18/h4-7,13H,8-12H2,1-3H3/p+1. The molecule has 0 aliphatic carbocycles. The summed E-state index contributed by atoms with van der Waals surface area (Å²) in [6.45, 7) is 9.78. The summed E-state index contributed by atoms with van der Waals surface area (Å²) in [6, 6.07) is 7.53. The summed E-state index contributed by atoms with van der Waals surface area (Å²) in [6.07, 6.45) is 2.55. The molecular weight excluding hydrogens is 378 g/mol. The number of halogens is 1. The van der Waals surface area contributed by atoms with Crippen LogP contribution in [0.3, 0.4) is 0 Å². The molecule has 1 N–H and O–H groups in total. The number of thiophene rings is 1. The number of ether oxygens (including phenoxy) is 1. The van der Waals surface area contributed by atoms with Gasteiger partial charge >= 0.3 is 0 Å². The second kappa shape index (κ2) is 7.74. The lowest BCUT2D eigenvalue weighted by Crippen LogP contribution is -3.11. The van der Waals surface area contributed by atoms with Crippen LogP contribution in [0.15, 0.2) is 24.3 Å². The SMILES string of the molecule is Cc1sc2nc(C[NH+]3CCC(C)CC3)nc(Oc3ccccc3Cl)c2c1C. The number of hydrogen-bond donors (Lipinski definition) is 1. The number of rotatable bonds is 4. The number of aromatic nitrogens is 2. The number of benzene rings is 1. The van der Waals surface area contributed by atoms with Crippen molar-refractivity contribution in [2.75, 3.05) is 13.1 Å². The summed E-state index contributed by atoms with van der Waals surface area (Å²) in [5.74, 6) is 2.94. The van der Waals surface area contributed by atoms with E-state index >= 15 is 0 Å². The first-order chi connectivity index (χ1) is 13.0. The normalized spacial score (nSPS) is 20.1. The van der Waals surface area contributed by atoms with E-state index < -0.39 is 0 Å². The first-order valence-corrected chi connectivity index (χ1v) is 10.7. The third-order valence-corrected chi connectivity index (χ3v) is 6.89. The van der Waals surface area contributed by atoms with Crippen molar-refractivity contribution in [3.63, 3.8) is 0 Å². The van der Waals surface area contributed by atoms with Crippen LogP contribution >= 0.6 is 22.9 Å². The number of piperidine rings is 1. The van der Waals surface area contributed by atoms with Crippen LogP contribution in [0.1, 0.15) is 36.0 Å². The van der Waals surface area contributed by atoms with Gasteiger partial charge in [0.2, 0.25) is 5.88 Å². The van der Waals surface area contributed by atoms with Gasteiger partial charge in [0.15, 0.2) is 5.82 Å². The van der Waals surface area contributed by atoms with Crippen molar-refractivity contribution in [3.05, 3.63) is 45.6 Å². The summed E-state index contributed by atoms with van der Waals surface area (Å²) < 4.78 is 6.18. The molecule has 4 rings (SSSR count). The largest absolute Gasteiger partial charge is 0.437 e. The molecule has 0 unspecified atom stereocenters. The number of nitrogens with one attached hydrogen (secondary N) is 1. The topological polar surface area (TPSA) is 39.5 Å². The summed E-state index contributed by atoms with van der Waals surface area (Å²) >= 11 is 8.02. The average Bonchev–Trinajstić information content (AvgIpc) is 2.93. The zero-order valence-corrected chi connectivity index (χ0v) is 17.6. The molecule has 0 amide bonds. The molecule has 3 heterocycles. The number of likely N-dealkylation sites (tertiary alicyclic amines) is 1.